The highest BCUT2D eigenvalue weighted by atomic mass is 19.1. The van der Waals surface area contributed by atoms with E-state index in [0.29, 0.717) is 17.9 Å². The Hall–Kier alpha value is -1.04. The van der Waals surface area contributed by atoms with Crippen molar-refractivity contribution in [2.45, 2.75) is 50.7 Å². The average molecular weight is 298 g/mol. The lowest BCUT2D eigenvalue weighted by molar-refractivity contribution is -0.0792. The van der Waals surface area contributed by atoms with E-state index in [-0.39, 0.29) is 6.04 Å². The fraction of sp³-hybridized carbons (Fsp3) is 0.625. The van der Waals surface area contributed by atoms with E-state index in [2.05, 4.69) is 12.3 Å². The Kier molecular flexibility index (Phi) is 5.30. The van der Waals surface area contributed by atoms with Gasteiger partial charge in [-0.25, -0.2) is 8.78 Å². The molecule has 5 heteroatoms. The van der Waals surface area contributed by atoms with Crippen molar-refractivity contribution in [3.05, 3.63) is 35.4 Å². The molecule has 1 saturated carbocycles. The summed E-state index contributed by atoms with van der Waals surface area (Å²) in [4.78, 5) is 0. The highest BCUT2D eigenvalue weighted by Gasteiger charge is 2.42. The van der Waals surface area contributed by atoms with Crippen LogP contribution in [0.3, 0.4) is 0 Å². The molecule has 21 heavy (non-hydrogen) atoms. The summed E-state index contributed by atoms with van der Waals surface area (Å²) >= 11 is 0. The van der Waals surface area contributed by atoms with Crippen LogP contribution in [-0.2, 0) is 11.2 Å². The van der Waals surface area contributed by atoms with Crippen molar-refractivity contribution < 1.29 is 13.5 Å². The predicted octanol–water partition coefficient (Wildman–Crippen LogP) is 2.93. The summed E-state index contributed by atoms with van der Waals surface area (Å²) in [5.74, 6) is 5.15. The van der Waals surface area contributed by atoms with E-state index in [0.717, 1.165) is 25.3 Å². The van der Waals surface area contributed by atoms with Gasteiger partial charge < -0.3 is 4.74 Å². The van der Waals surface area contributed by atoms with E-state index in [1.54, 1.807) is 7.11 Å². The molecule has 0 spiro atoms. The molecule has 0 saturated heterocycles. The zero-order valence-corrected chi connectivity index (χ0v) is 12.7. The molecule has 3 nitrogen and oxygen atoms in total. The summed E-state index contributed by atoms with van der Waals surface area (Å²) in [7, 11) is 1.68. The van der Waals surface area contributed by atoms with Crippen molar-refractivity contribution in [1.29, 1.82) is 0 Å². The number of nitrogens with one attached hydrogen (secondary N) is 1. The maximum atomic E-state index is 13.9. The van der Waals surface area contributed by atoms with Crippen LogP contribution in [0.25, 0.3) is 0 Å². The quantitative estimate of drug-likeness (QED) is 0.649. The van der Waals surface area contributed by atoms with Gasteiger partial charge in [-0.05, 0) is 36.8 Å². The lowest BCUT2D eigenvalue weighted by Crippen LogP contribution is -2.57. The Bertz CT molecular complexity index is 483. The fourth-order valence-corrected chi connectivity index (χ4v) is 3.49. The molecule has 3 atom stereocenters. The number of hydrazine groups is 1. The number of nitrogens with two attached hydrogens (primary N) is 1. The Morgan fingerprint density at radius 3 is 2.81 bits per heavy atom. The lowest BCUT2D eigenvalue weighted by atomic mass is 9.73. The van der Waals surface area contributed by atoms with E-state index in [4.69, 9.17) is 10.6 Å². The molecule has 3 unspecified atom stereocenters. The maximum Gasteiger partial charge on any atom is 0.129 e. The minimum absolute atomic E-state index is 0.204. The fourth-order valence-electron chi connectivity index (χ4n) is 3.49. The Labute approximate surface area is 124 Å². The first-order valence-electron chi connectivity index (χ1n) is 7.46. The zero-order chi connectivity index (χ0) is 15.5. The number of methoxy groups -OCH3 is 1. The molecule has 0 heterocycles. The van der Waals surface area contributed by atoms with Gasteiger partial charge in [0.25, 0.3) is 0 Å². The van der Waals surface area contributed by atoms with Gasteiger partial charge in [-0.1, -0.05) is 25.8 Å². The standard InChI is InChI=1S/C16H24F2N2O/c1-11-4-3-7-16(10-11,21-2)15(20-19)8-12-5-6-13(17)9-14(12)18/h5-6,9,11,15,20H,3-4,7-8,10,19H2,1-2H3. The third kappa shape index (κ3) is 3.59. The molecule has 1 aliphatic rings. The summed E-state index contributed by atoms with van der Waals surface area (Å²) in [6.07, 6.45) is 4.41. The number of ether oxygens (including phenoxy) is 1. The van der Waals surface area contributed by atoms with Crippen molar-refractivity contribution in [2.24, 2.45) is 11.8 Å². The number of hydrogen-bond acceptors (Lipinski definition) is 3. The van der Waals surface area contributed by atoms with Gasteiger partial charge in [0.1, 0.15) is 11.6 Å². The van der Waals surface area contributed by atoms with Crippen molar-refractivity contribution >= 4 is 0 Å². The second-order valence-corrected chi connectivity index (χ2v) is 6.13. The first-order valence-corrected chi connectivity index (χ1v) is 7.46. The smallest absolute Gasteiger partial charge is 0.129 e. The molecule has 1 aliphatic carbocycles. The molecule has 0 aromatic heterocycles. The van der Waals surface area contributed by atoms with Gasteiger partial charge >= 0.3 is 0 Å². The van der Waals surface area contributed by atoms with Crippen LogP contribution in [0.5, 0.6) is 0 Å². The lowest BCUT2D eigenvalue weighted by Gasteiger charge is -2.44. The van der Waals surface area contributed by atoms with Gasteiger partial charge in [0.05, 0.1) is 11.6 Å². The van der Waals surface area contributed by atoms with Crippen LogP contribution in [0.1, 0.15) is 38.2 Å². The van der Waals surface area contributed by atoms with Crippen LogP contribution >= 0.6 is 0 Å². The molecule has 2 rings (SSSR count). The number of benzene rings is 1. The summed E-state index contributed by atoms with van der Waals surface area (Å²) < 4.78 is 32.7. The second kappa shape index (κ2) is 6.81. The number of halogens is 2. The number of hydrogen-bond donors (Lipinski definition) is 2. The molecule has 1 aromatic carbocycles. The molecule has 0 bridgehead atoms. The molecule has 0 radical (unpaired) electrons. The molecule has 1 aromatic rings. The van der Waals surface area contributed by atoms with Gasteiger partial charge in [-0.2, -0.15) is 0 Å². The normalized spacial score (nSPS) is 27.6. The third-order valence-electron chi connectivity index (χ3n) is 4.67. The molecule has 1 fully saturated rings. The molecular weight excluding hydrogens is 274 g/mol. The molecule has 0 aliphatic heterocycles. The average Bonchev–Trinajstić information content (AvgIpc) is 2.46. The Balaban J connectivity index is 2.21. The van der Waals surface area contributed by atoms with Gasteiger partial charge in [0.2, 0.25) is 0 Å². The summed E-state index contributed by atoms with van der Waals surface area (Å²) in [6.45, 7) is 2.19. The molecule has 118 valence electrons. The van der Waals surface area contributed by atoms with E-state index in [1.165, 1.54) is 18.6 Å². The highest BCUT2D eigenvalue weighted by molar-refractivity contribution is 5.21. The zero-order valence-electron chi connectivity index (χ0n) is 12.7. The minimum Gasteiger partial charge on any atom is -0.377 e. The predicted molar refractivity (Wildman–Crippen MR) is 78.5 cm³/mol. The van der Waals surface area contributed by atoms with Crippen molar-refractivity contribution in [1.82, 2.24) is 5.43 Å². The molecular formula is C16H24F2N2O. The maximum absolute atomic E-state index is 13.9. The van der Waals surface area contributed by atoms with Crippen molar-refractivity contribution in [3.8, 4) is 0 Å². The second-order valence-electron chi connectivity index (χ2n) is 6.13. The number of rotatable bonds is 5. The first kappa shape index (κ1) is 16.3. The van der Waals surface area contributed by atoms with E-state index in [9.17, 15) is 8.78 Å². The Morgan fingerprint density at radius 1 is 1.48 bits per heavy atom. The van der Waals surface area contributed by atoms with Crippen LogP contribution in [0.2, 0.25) is 0 Å². The summed E-state index contributed by atoms with van der Waals surface area (Å²) in [5.41, 5.74) is 2.85. The topological polar surface area (TPSA) is 47.3 Å². The highest BCUT2D eigenvalue weighted by Crippen LogP contribution is 2.38. The summed E-state index contributed by atoms with van der Waals surface area (Å²) in [6, 6.07) is 3.45. The van der Waals surface area contributed by atoms with Crippen LogP contribution in [0.4, 0.5) is 8.78 Å². The van der Waals surface area contributed by atoms with Crippen LogP contribution in [0, 0.1) is 17.6 Å². The molecule has 0 amide bonds. The van der Waals surface area contributed by atoms with E-state index < -0.39 is 17.2 Å². The molecule has 3 N–H and O–H groups in total. The first-order chi connectivity index (χ1) is 10.0. The van der Waals surface area contributed by atoms with Gasteiger partial charge in [0, 0.05) is 13.2 Å². The SMILES string of the molecule is COC1(C(Cc2ccc(F)cc2F)NN)CCCC(C)C1. The van der Waals surface area contributed by atoms with Crippen LogP contribution in [0.15, 0.2) is 18.2 Å². The Morgan fingerprint density at radius 2 is 2.24 bits per heavy atom. The van der Waals surface area contributed by atoms with Crippen molar-refractivity contribution in [3.63, 3.8) is 0 Å². The van der Waals surface area contributed by atoms with Gasteiger partial charge in [0.15, 0.2) is 0 Å². The van der Waals surface area contributed by atoms with E-state index >= 15 is 0 Å². The summed E-state index contributed by atoms with van der Waals surface area (Å²) in [5, 5.41) is 0. The van der Waals surface area contributed by atoms with Crippen molar-refractivity contribution in [2.75, 3.05) is 7.11 Å². The van der Waals surface area contributed by atoms with E-state index in [1.807, 2.05) is 0 Å². The monoisotopic (exact) mass is 298 g/mol. The van der Waals surface area contributed by atoms with Crippen LogP contribution < -0.4 is 11.3 Å². The van der Waals surface area contributed by atoms with Gasteiger partial charge in [-0.15, -0.1) is 0 Å². The third-order valence-corrected chi connectivity index (χ3v) is 4.67. The van der Waals surface area contributed by atoms with Crippen LogP contribution in [-0.4, -0.2) is 18.8 Å². The largest absolute Gasteiger partial charge is 0.377 e. The minimum atomic E-state index is -0.568. The van der Waals surface area contributed by atoms with Gasteiger partial charge in [-0.3, -0.25) is 11.3 Å².